The summed E-state index contributed by atoms with van der Waals surface area (Å²) in [4.78, 5) is 31.5. The first kappa shape index (κ1) is 31.1. The smallest absolute Gasteiger partial charge is 0.436 e. The molecule has 1 atom stereocenters. The van der Waals surface area contributed by atoms with Crippen LogP contribution in [-0.2, 0) is 21.3 Å². The number of rotatable bonds is 6. The molecule has 4 aromatic rings. The van der Waals surface area contributed by atoms with Crippen LogP contribution < -0.4 is 11.1 Å². The average Bonchev–Trinajstić information content (AvgIpc) is 3.34. The van der Waals surface area contributed by atoms with E-state index in [1.807, 2.05) is 5.32 Å². The van der Waals surface area contributed by atoms with E-state index in [4.69, 9.17) is 5.73 Å². The summed E-state index contributed by atoms with van der Waals surface area (Å²) in [7, 11) is 0. The van der Waals surface area contributed by atoms with Crippen LogP contribution in [-0.4, -0.2) is 45.1 Å². The first-order valence-electron chi connectivity index (χ1n) is 11.9. The molecule has 8 nitrogen and oxygen atoms in total. The molecular formula is C26H18F9N5O3. The molecule has 0 spiro atoms. The summed E-state index contributed by atoms with van der Waals surface area (Å²) >= 11 is 0. The standard InChI is InChI=1S/C26H18F9N5O3/c1-13-7-8-15(9-16(13)17-10-37-20-19(36)39-18(11-40(17)20)24(27,28)29)23(26(33,34)35,43-22(42)25(30,31)32)12-38-21(41)14-5-3-2-4-6-14/h2-11H,12H2,1H3,(H2,36,39)(H,38,41). The Morgan fingerprint density at radius 2 is 1.63 bits per heavy atom. The van der Waals surface area contributed by atoms with Crippen molar-refractivity contribution in [2.45, 2.75) is 31.1 Å². The summed E-state index contributed by atoms with van der Waals surface area (Å²) in [5, 5.41) is 1.86. The van der Waals surface area contributed by atoms with Gasteiger partial charge in [0.15, 0.2) is 17.2 Å². The molecule has 0 saturated heterocycles. The molecule has 1 amide bonds. The normalized spacial score (nSPS) is 13.9. The lowest BCUT2D eigenvalue weighted by atomic mass is 9.89. The Hall–Kier alpha value is -4.83. The minimum absolute atomic E-state index is 0.140. The number of hydrogen-bond donors (Lipinski definition) is 2. The number of fused-ring (bicyclic) bond motifs is 1. The number of alkyl halides is 9. The molecule has 1 unspecified atom stereocenters. The third kappa shape index (κ3) is 6.05. The maximum absolute atomic E-state index is 14.8. The maximum atomic E-state index is 14.8. The highest BCUT2D eigenvalue weighted by atomic mass is 19.4. The molecule has 3 N–H and O–H groups in total. The van der Waals surface area contributed by atoms with E-state index in [1.54, 1.807) is 0 Å². The number of hydrogen-bond acceptors (Lipinski definition) is 6. The third-order valence-corrected chi connectivity index (χ3v) is 6.28. The van der Waals surface area contributed by atoms with E-state index >= 15 is 0 Å². The SMILES string of the molecule is Cc1ccc(C(CNC(=O)c2ccccc2)(OC(=O)C(F)(F)F)C(F)(F)F)cc1-c1cnc2c(N)nc(C(F)(F)F)cn12. The van der Waals surface area contributed by atoms with Crippen LogP contribution in [0.25, 0.3) is 16.9 Å². The molecule has 2 heterocycles. The second-order valence-electron chi connectivity index (χ2n) is 9.14. The molecule has 4 rings (SSSR count). The van der Waals surface area contributed by atoms with Crippen molar-refractivity contribution in [2.75, 3.05) is 12.3 Å². The molecule has 2 aromatic carbocycles. The van der Waals surface area contributed by atoms with Gasteiger partial charge in [0.05, 0.1) is 18.4 Å². The van der Waals surface area contributed by atoms with Crippen molar-refractivity contribution in [2.24, 2.45) is 0 Å². The van der Waals surface area contributed by atoms with Crippen LogP contribution in [0.2, 0.25) is 0 Å². The van der Waals surface area contributed by atoms with E-state index in [9.17, 15) is 49.1 Å². The number of nitrogens with two attached hydrogens (primary N) is 1. The second-order valence-corrected chi connectivity index (χ2v) is 9.14. The number of anilines is 1. The second kappa shape index (κ2) is 10.8. The van der Waals surface area contributed by atoms with Gasteiger partial charge in [0, 0.05) is 22.9 Å². The highest BCUT2D eigenvalue weighted by Gasteiger charge is 2.62. The highest BCUT2D eigenvalue weighted by Crippen LogP contribution is 2.45. The Morgan fingerprint density at radius 3 is 2.21 bits per heavy atom. The Morgan fingerprint density at radius 1 is 0.977 bits per heavy atom. The number of aromatic nitrogens is 3. The van der Waals surface area contributed by atoms with Crippen LogP contribution in [0.15, 0.2) is 60.9 Å². The zero-order chi connectivity index (χ0) is 32.0. The molecule has 0 bridgehead atoms. The first-order chi connectivity index (χ1) is 19.8. The molecule has 0 aliphatic rings. The van der Waals surface area contributed by atoms with Crippen molar-refractivity contribution in [3.63, 3.8) is 0 Å². The number of carbonyl (C=O) groups is 2. The van der Waals surface area contributed by atoms with Crippen LogP contribution in [0.4, 0.5) is 45.3 Å². The Kier molecular flexibility index (Phi) is 7.80. The van der Waals surface area contributed by atoms with Crippen molar-refractivity contribution in [3.8, 4) is 11.3 Å². The number of imidazole rings is 1. The zero-order valence-electron chi connectivity index (χ0n) is 21.5. The fraction of sp³-hybridized carbons (Fsp3) is 0.231. The molecule has 17 heteroatoms. The van der Waals surface area contributed by atoms with Crippen LogP contribution in [0, 0.1) is 6.92 Å². The summed E-state index contributed by atoms with van der Waals surface area (Å²) < 4.78 is 129. The topological polar surface area (TPSA) is 112 Å². The summed E-state index contributed by atoms with van der Waals surface area (Å²) in [5.41, 5.74) is -1.85. The summed E-state index contributed by atoms with van der Waals surface area (Å²) in [6.45, 7) is -0.349. The van der Waals surface area contributed by atoms with Crippen molar-refractivity contribution >= 4 is 23.3 Å². The summed E-state index contributed by atoms with van der Waals surface area (Å²) in [6.07, 6.45) is -15.2. The van der Waals surface area contributed by atoms with Gasteiger partial charge in [-0.15, -0.1) is 0 Å². The minimum Gasteiger partial charge on any atom is -0.436 e. The lowest BCUT2D eigenvalue weighted by Gasteiger charge is -2.36. The van der Waals surface area contributed by atoms with Gasteiger partial charge in [-0.1, -0.05) is 30.3 Å². The Labute approximate surface area is 235 Å². The van der Waals surface area contributed by atoms with Crippen molar-refractivity contribution in [1.29, 1.82) is 0 Å². The van der Waals surface area contributed by atoms with Crippen molar-refractivity contribution in [3.05, 3.63) is 83.3 Å². The number of nitrogens with zero attached hydrogens (tertiary/aromatic N) is 3. The van der Waals surface area contributed by atoms with Crippen molar-refractivity contribution < 1.29 is 53.8 Å². The van der Waals surface area contributed by atoms with Gasteiger partial charge in [0.1, 0.15) is 0 Å². The lowest BCUT2D eigenvalue weighted by molar-refractivity contribution is -0.288. The fourth-order valence-electron chi connectivity index (χ4n) is 4.13. The lowest BCUT2D eigenvalue weighted by Crippen LogP contribution is -2.55. The van der Waals surface area contributed by atoms with E-state index in [2.05, 4.69) is 14.7 Å². The van der Waals surface area contributed by atoms with Gasteiger partial charge in [-0.05, 0) is 30.7 Å². The number of ether oxygens (including phenoxy) is 1. The molecule has 0 fully saturated rings. The molecule has 228 valence electrons. The number of benzene rings is 2. The number of esters is 1. The van der Waals surface area contributed by atoms with Crippen molar-refractivity contribution in [1.82, 2.24) is 19.7 Å². The molecule has 0 saturated carbocycles. The molecule has 43 heavy (non-hydrogen) atoms. The van der Waals surface area contributed by atoms with Crippen LogP contribution in [0.5, 0.6) is 0 Å². The number of halogens is 9. The number of carbonyl (C=O) groups excluding carboxylic acids is 2. The van der Waals surface area contributed by atoms with Crippen LogP contribution >= 0.6 is 0 Å². The number of amides is 1. The van der Waals surface area contributed by atoms with Gasteiger partial charge in [-0.25, -0.2) is 14.8 Å². The molecule has 0 aliphatic heterocycles. The predicted molar refractivity (Wildman–Crippen MR) is 131 cm³/mol. The van der Waals surface area contributed by atoms with Gasteiger partial charge in [-0.3, -0.25) is 9.20 Å². The van der Waals surface area contributed by atoms with Gasteiger partial charge in [0.25, 0.3) is 5.91 Å². The average molecular weight is 619 g/mol. The van der Waals surface area contributed by atoms with E-state index in [0.717, 1.165) is 16.7 Å². The molecule has 2 aromatic heterocycles. The number of nitrogens with one attached hydrogen (secondary N) is 1. The van der Waals surface area contributed by atoms with Crippen LogP contribution in [0.3, 0.4) is 0 Å². The largest absolute Gasteiger partial charge is 0.490 e. The van der Waals surface area contributed by atoms with E-state index in [-0.39, 0.29) is 28.0 Å². The quantitative estimate of drug-likeness (QED) is 0.215. The predicted octanol–water partition coefficient (Wildman–Crippen LogP) is 5.60. The number of nitrogen functional groups attached to an aromatic ring is 1. The maximum Gasteiger partial charge on any atom is 0.490 e. The van der Waals surface area contributed by atoms with E-state index < -0.39 is 59.6 Å². The van der Waals surface area contributed by atoms with Gasteiger partial charge < -0.3 is 15.8 Å². The molecular weight excluding hydrogens is 601 g/mol. The minimum atomic E-state index is -5.87. The first-order valence-corrected chi connectivity index (χ1v) is 11.9. The Bertz CT molecular complexity index is 1680. The molecule has 0 aliphatic carbocycles. The van der Waals surface area contributed by atoms with E-state index in [1.165, 1.54) is 37.3 Å². The van der Waals surface area contributed by atoms with Crippen LogP contribution in [0.1, 0.15) is 27.2 Å². The fourth-order valence-corrected chi connectivity index (χ4v) is 4.13. The van der Waals surface area contributed by atoms with Gasteiger partial charge in [0.2, 0.25) is 5.60 Å². The van der Waals surface area contributed by atoms with E-state index in [0.29, 0.717) is 18.3 Å². The highest BCUT2D eigenvalue weighted by molar-refractivity contribution is 5.94. The number of aryl methyl sites for hydroxylation is 1. The van der Waals surface area contributed by atoms with Gasteiger partial charge >= 0.3 is 24.5 Å². The Balaban J connectivity index is 1.91. The summed E-state index contributed by atoms with van der Waals surface area (Å²) in [6, 6.07) is 9.10. The monoisotopic (exact) mass is 619 g/mol. The molecule has 0 radical (unpaired) electrons. The summed E-state index contributed by atoms with van der Waals surface area (Å²) in [5.74, 6) is -5.00. The zero-order valence-corrected chi connectivity index (χ0v) is 21.5. The third-order valence-electron chi connectivity index (χ3n) is 6.28. The van der Waals surface area contributed by atoms with Gasteiger partial charge in [-0.2, -0.15) is 39.5 Å².